The Hall–Kier alpha value is -1.58. The van der Waals surface area contributed by atoms with E-state index in [2.05, 4.69) is 4.98 Å². The molecule has 0 aromatic carbocycles. The van der Waals surface area contributed by atoms with Gasteiger partial charge in [-0.3, -0.25) is 4.79 Å². The molecule has 2 fully saturated rings. The van der Waals surface area contributed by atoms with Crippen LogP contribution in [-0.2, 0) is 4.79 Å². The molecule has 108 valence electrons. The van der Waals surface area contributed by atoms with Gasteiger partial charge < -0.3 is 9.64 Å². The molecule has 20 heavy (non-hydrogen) atoms. The summed E-state index contributed by atoms with van der Waals surface area (Å²) in [6, 6.07) is 5.77. The highest BCUT2D eigenvalue weighted by Crippen LogP contribution is 2.27. The van der Waals surface area contributed by atoms with Crippen LogP contribution in [0.5, 0.6) is 5.88 Å². The van der Waals surface area contributed by atoms with Crippen LogP contribution in [0.3, 0.4) is 0 Å². The quantitative estimate of drug-likeness (QED) is 0.850. The van der Waals surface area contributed by atoms with Crippen molar-refractivity contribution in [1.29, 1.82) is 0 Å². The predicted octanol–water partition coefficient (Wildman–Crippen LogP) is 2.56. The molecule has 1 amide bonds. The van der Waals surface area contributed by atoms with Crippen molar-refractivity contribution < 1.29 is 9.53 Å². The van der Waals surface area contributed by atoms with Crippen molar-refractivity contribution in [3.05, 3.63) is 23.9 Å². The molecule has 1 aliphatic heterocycles. The topological polar surface area (TPSA) is 42.4 Å². The average Bonchev–Trinajstić information content (AvgIpc) is 2.43. The molecule has 2 aliphatic rings. The van der Waals surface area contributed by atoms with E-state index in [4.69, 9.17) is 4.74 Å². The van der Waals surface area contributed by atoms with Crippen molar-refractivity contribution in [2.45, 2.75) is 45.1 Å². The second-order valence-electron chi connectivity index (χ2n) is 5.94. The summed E-state index contributed by atoms with van der Waals surface area (Å²) in [6.07, 6.45) is 5.95. The third kappa shape index (κ3) is 2.94. The van der Waals surface area contributed by atoms with Gasteiger partial charge in [-0.15, -0.1) is 0 Å². The number of ether oxygens (including phenoxy) is 1. The van der Waals surface area contributed by atoms with Crippen LogP contribution in [0.25, 0.3) is 0 Å². The maximum absolute atomic E-state index is 12.3. The van der Waals surface area contributed by atoms with Crippen molar-refractivity contribution in [3.8, 4) is 5.88 Å². The number of amides is 1. The summed E-state index contributed by atoms with van der Waals surface area (Å²) in [5.41, 5.74) is 0.956. The molecule has 0 atom stereocenters. The van der Waals surface area contributed by atoms with Crippen molar-refractivity contribution >= 4 is 5.91 Å². The minimum absolute atomic E-state index is 0.108. The zero-order valence-corrected chi connectivity index (χ0v) is 12.0. The lowest BCUT2D eigenvalue weighted by molar-refractivity contribution is -0.145. The van der Waals surface area contributed by atoms with Gasteiger partial charge in [0.1, 0.15) is 6.10 Å². The summed E-state index contributed by atoms with van der Waals surface area (Å²) in [5.74, 6) is 1.27. The summed E-state index contributed by atoms with van der Waals surface area (Å²) in [5, 5.41) is 0. The Morgan fingerprint density at radius 2 is 2.00 bits per heavy atom. The smallest absolute Gasteiger partial charge is 0.225 e. The van der Waals surface area contributed by atoms with Gasteiger partial charge in [0.2, 0.25) is 11.8 Å². The molecule has 1 aromatic heterocycles. The summed E-state index contributed by atoms with van der Waals surface area (Å²) in [6.45, 7) is 3.38. The summed E-state index contributed by atoms with van der Waals surface area (Å²) in [7, 11) is 0. The van der Waals surface area contributed by atoms with Crippen LogP contribution >= 0.6 is 0 Å². The number of hydrogen-bond donors (Lipinski definition) is 0. The van der Waals surface area contributed by atoms with Gasteiger partial charge in [-0.2, -0.15) is 0 Å². The summed E-state index contributed by atoms with van der Waals surface area (Å²) < 4.78 is 5.79. The SMILES string of the molecule is Cc1cccc(OC2CN(C(=O)C3CCCCC3)C2)n1. The van der Waals surface area contributed by atoms with Gasteiger partial charge in [0.15, 0.2) is 0 Å². The summed E-state index contributed by atoms with van der Waals surface area (Å²) >= 11 is 0. The zero-order valence-electron chi connectivity index (χ0n) is 12.0. The first-order valence-electron chi connectivity index (χ1n) is 7.61. The molecule has 0 N–H and O–H groups in total. The van der Waals surface area contributed by atoms with Crippen LogP contribution in [0.2, 0.25) is 0 Å². The molecular weight excluding hydrogens is 252 g/mol. The van der Waals surface area contributed by atoms with E-state index in [1.165, 1.54) is 19.3 Å². The number of rotatable bonds is 3. The van der Waals surface area contributed by atoms with E-state index in [0.717, 1.165) is 18.5 Å². The average molecular weight is 274 g/mol. The molecule has 0 spiro atoms. The molecule has 4 heteroatoms. The van der Waals surface area contributed by atoms with Crippen LogP contribution < -0.4 is 4.74 Å². The third-order valence-electron chi connectivity index (χ3n) is 4.26. The number of carbonyl (C=O) groups excluding carboxylic acids is 1. The predicted molar refractivity (Wildman–Crippen MR) is 76.5 cm³/mol. The van der Waals surface area contributed by atoms with Gasteiger partial charge in [-0.1, -0.05) is 25.3 Å². The van der Waals surface area contributed by atoms with Gasteiger partial charge in [0, 0.05) is 17.7 Å². The normalized spacial score (nSPS) is 20.6. The van der Waals surface area contributed by atoms with E-state index in [0.29, 0.717) is 24.9 Å². The first-order chi connectivity index (χ1) is 9.72. The molecule has 1 aromatic rings. The number of aryl methyl sites for hydroxylation is 1. The fourth-order valence-corrected chi connectivity index (χ4v) is 3.05. The van der Waals surface area contributed by atoms with Gasteiger partial charge in [-0.25, -0.2) is 4.98 Å². The zero-order chi connectivity index (χ0) is 13.9. The lowest BCUT2D eigenvalue weighted by Crippen LogP contribution is -2.57. The molecule has 0 bridgehead atoms. The maximum atomic E-state index is 12.3. The second-order valence-corrected chi connectivity index (χ2v) is 5.94. The monoisotopic (exact) mass is 274 g/mol. The van der Waals surface area contributed by atoms with Crippen LogP contribution in [0.4, 0.5) is 0 Å². The third-order valence-corrected chi connectivity index (χ3v) is 4.26. The Kier molecular flexibility index (Phi) is 3.90. The second kappa shape index (κ2) is 5.81. The van der Waals surface area contributed by atoms with Crippen LogP contribution in [-0.4, -0.2) is 35.0 Å². The van der Waals surface area contributed by atoms with Gasteiger partial charge in [-0.05, 0) is 25.8 Å². The Morgan fingerprint density at radius 1 is 1.25 bits per heavy atom. The highest BCUT2D eigenvalue weighted by Gasteiger charge is 2.36. The van der Waals surface area contributed by atoms with Crippen molar-refractivity contribution in [2.75, 3.05) is 13.1 Å². The number of carbonyl (C=O) groups is 1. The standard InChI is InChI=1S/C16H22N2O2/c1-12-6-5-9-15(17-12)20-14-10-18(11-14)16(19)13-7-3-2-4-8-13/h5-6,9,13-14H,2-4,7-8,10-11H2,1H3. The Labute approximate surface area is 120 Å². The number of likely N-dealkylation sites (tertiary alicyclic amines) is 1. The minimum atomic E-state index is 0.108. The van der Waals surface area contributed by atoms with Crippen molar-refractivity contribution in [1.82, 2.24) is 9.88 Å². The van der Waals surface area contributed by atoms with Gasteiger partial charge >= 0.3 is 0 Å². The number of nitrogens with zero attached hydrogens (tertiary/aromatic N) is 2. The molecule has 1 saturated heterocycles. The number of hydrogen-bond acceptors (Lipinski definition) is 3. The van der Waals surface area contributed by atoms with Crippen molar-refractivity contribution in [3.63, 3.8) is 0 Å². The largest absolute Gasteiger partial charge is 0.471 e. The molecule has 2 heterocycles. The van der Waals surface area contributed by atoms with Crippen LogP contribution in [0.15, 0.2) is 18.2 Å². The highest BCUT2D eigenvalue weighted by atomic mass is 16.5. The van der Waals surface area contributed by atoms with Crippen LogP contribution in [0.1, 0.15) is 37.8 Å². The molecule has 0 unspecified atom stereocenters. The summed E-state index contributed by atoms with van der Waals surface area (Å²) in [4.78, 5) is 18.6. The molecule has 0 radical (unpaired) electrons. The Bertz CT molecular complexity index is 477. The van der Waals surface area contributed by atoms with E-state index < -0.39 is 0 Å². The van der Waals surface area contributed by atoms with Gasteiger partial charge in [0.05, 0.1) is 13.1 Å². The van der Waals surface area contributed by atoms with E-state index in [1.807, 2.05) is 30.0 Å². The van der Waals surface area contributed by atoms with E-state index in [1.54, 1.807) is 0 Å². The van der Waals surface area contributed by atoms with E-state index >= 15 is 0 Å². The molecular formula is C16H22N2O2. The van der Waals surface area contributed by atoms with E-state index in [9.17, 15) is 4.79 Å². The van der Waals surface area contributed by atoms with Crippen LogP contribution in [0, 0.1) is 12.8 Å². The molecule has 4 nitrogen and oxygen atoms in total. The molecule has 1 saturated carbocycles. The fraction of sp³-hybridized carbons (Fsp3) is 0.625. The van der Waals surface area contributed by atoms with Crippen molar-refractivity contribution in [2.24, 2.45) is 5.92 Å². The first kappa shape index (κ1) is 13.4. The lowest BCUT2D eigenvalue weighted by atomic mass is 9.87. The fourth-order valence-electron chi connectivity index (χ4n) is 3.05. The van der Waals surface area contributed by atoms with E-state index in [-0.39, 0.29) is 12.0 Å². The molecule has 3 rings (SSSR count). The minimum Gasteiger partial charge on any atom is -0.471 e. The lowest BCUT2D eigenvalue weighted by Gasteiger charge is -2.41. The number of pyridine rings is 1. The Morgan fingerprint density at radius 3 is 2.70 bits per heavy atom. The van der Waals surface area contributed by atoms with Gasteiger partial charge in [0.25, 0.3) is 0 Å². The first-order valence-corrected chi connectivity index (χ1v) is 7.61. The molecule has 1 aliphatic carbocycles. The highest BCUT2D eigenvalue weighted by molar-refractivity contribution is 5.79. The maximum Gasteiger partial charge on any atom is 0.225 e. The Balaban J connectivity index is 1.47. The number of aromatic nitrogens is 1.